The first kappa shape index (κ1) is 12.9. The molecule has 0 atom stereocenters. The average Bonchev–Trinajstić information content (AvgIpc) is 2.29. The summed E-state index contributed by atoms with van der Waals surface area (Å²) in [7, 11) is 1.57. The molecule has 1 aromatic carbocycles. The molecule has 0 heterocycles. The Morgan fingerprint density at radius 1 is 1.35 bits per heavy atom. The van der Waals surface area contributed by atoms with Crippen molar-refractivity contribution in [2.24, 2.45) is 16.6 Å². The molecule has 17 heavy (non-hydrogen) atoms. The Kier molecular flexibility index (Phi) is 4.41. The zero-order valence-corrected chi connectivity index (χ0v) is 9.95. The van der Waals surface area contributed by atoms with E-state index in [1.165, 1.54) is 0 Å². The maximum atomic E-state index is 10.9. The Morgan fingerprint density at radius 3 is 2.35 bits per heavy atom. The lowest BCUT2D eigenvalue weighted by atomic mass is 10.3. The van der Waals surface area contributed by atoms with Crippen LogP contribution in [0.25, 0.3) is 0 Å². The molecular formula is C10H12N4O2S. The summed E-state index contributed by atoms with van der Waals surface area (Å²) < 4.78 is 4.99. The highest BCUT2D eigenvalue weighted by atomic mass is 32.1. The molecule has 90 valence electrons. The van der Waals surface area contributed by atoms with Gasteiger partial charge in [-0.15, -0.1) is 0 Å². The van der Waals surface area contributed by atoms with Gasteiger partial charge in [-0.05, 0) is 24.3 Å². The summed E-state index contributed by atoms with van der Waals surface area (Å²) in [5.74, 6) is -0.0671. The number of anilines is 1. The van der Waals surface area contributed by atoms with Crippen molar-refractivity contribution in [3.8, 4) is 5.75 Å². The molecule has 0 saturated carbocycles. The lowest BCUT2D eigenvalue weighted by Crippen LogP contribution is -2.35. The third kappa shape index (κ3) is 3.72. The SMILES string of the molecule is COc1ccc(NN=C(C(N)=O)C(N)=S)cc1. The summed E-state index contributed by atoms with van der Waals surface area (Å²) in [4.78, 5) is 10.8. The quantitative estimate of drug-likeness (QED) is 0.395. The second kappa shape index (κ2) is 5.80. The number of nitrogens with one attached hydrogen (secondary N) is 1. The number of hydrazone groups is 1. The normalized spacial score (nSPS) is 10.8. The molecule has 6 nitrogen and oxygen atoms in total. The van der Waals surface area contributed by atoms with Gasteiger partial charge in [0.1, 0.15) is 10.7 Å². The van der Waals surface area contributed by atoms with Crippen molar-refractivity contribution in [3.05, 3.63) is 24.3 Å². The molecule has 0 aliphatic carbocycles. The molecule has 1 aromatic rings. The van der Waals surface area contributed by atoms with Gasteiger partial charge in [0.2, 0.25) is 0 Å². The number of benzene rings is 1. The summed E-state index contributed by atoms with van der Waals surface area (Å²) in [5, 5.41) is 3.73. The van der Waals surface area contributed by atoms with E-state index in [1.807, 2.05) is 0 Å². The minimum absolute atomic E-state index is 0.154. The highest BCUT2D eigenvalue weighted by Crippen LogP contribution is 2.14. The van der Waals surface area contributed by atoms with Gasteiger partial charge in [-0.2, -0.15) is 5.10 Å². The number of amides is 1. The van der Waals surface area contributed by atoms with Crippen LogP contribution >= 0.6 is 12.2 Å². The van der Waals surface area contributed by atoms with Gasteiger partial charge in [-0.25, -0.2) is 0 Å². The van der Waals surface area contributed by atoms with E-state index in [4.69, 9.17) is 16.2 Å². The van der Waals surface area contributed by atoms with Gasteiger partial charge in [0.15, 0.2) is 5.71 Å². The molecule has 0 unspecified atom stereocenters. The Balaban J connectivity index is 2.80. The first-order chi connectivity index (χ1) is 8.04. The number of methoxy groups -OCH3 is 1. The Bertz CT molecular complexity index is 440. The second-order valence-electron chi connectivity index (χ2n) is 3.03. The number of nitrogens with two attached hydrogens (primary N) is 2. The number of primary amides is 1. The van der Waals surface area contributed by atoms with Crippen molar-refractivity contribution in [2.45, 2.75) is 0 Å². The van der Waals surface area contributed by atoms with E-state index in [1.54, 1.807) is 31.4 Å². The molecule has 5 N–H and O–H groups in total. The fourth-order valence-electron chi connectivity index (χ4n) is 1.02. The smallest absolute Gasteiger partial charge is 0.272 e. The number of rotatable bonds is 5. The molecule has 0 bridgehead atoms. The van der Waals surface area contributed by atoms with Gasteiger partial charge in [-0.3, -0.25) is 10.2 Å². The molecule has 7 heteroatoms. The van der Waals surface area contributed by atoms with Gasteiger partial charge in [-0.1, -0.05) is 12.2 Å². The summed E-state index contributed by atoms with van der Waals surface area (Å²) >= 11 is 4.63. The zero-order valence-electron chi connectivity index (χ0n) is 9.14. The van der Waals surface area contributed by atoms with Crippen molar-refractivity contribution in [3.63, 3.8) is 0 Å². The van der Waals surface area contributed by atoms with E-state index >= 15 is 0 Å². The van der Waals surface area contributed by atoms with Crippen molar-refractivity contribution in [1.82, 2.24) is 0 Å². The number of hydrogen-bond donors (Lipinski definition) is 3. The molecule has 0 aromatic heterocycles. The highest BCUT2D eigenvalue weighted by molar-refractivity contribution is 7.82. The molecule has 0 aliphatic heterocycles. The van der Waals surface area contributed by atoms with Gasteiger partial charge in [0, 0.05) is 0 Å². The van der Waals surface area contributed by atoms with Crippen LogP contribution in [-0.2, 0) is 4.79 Å². The van der Waals surface area contributed by atoms with Crippen LogP contribution in [0.2, 0.25) is 0 Å². The molecule has 0 saturated heterocycles. The number of nitrogens with zero attached hydrogens (tertiary/aromatic N) is 1. The van der Waals surface area contributed by atoms with Crippen molar-refractivity contribution < 1.29 is 9.53 Å². The van der Waals surface area contributed by atoms with E-state index in [0.717, 1.165) is 0 Å². The monoisotopic (exact) mass is 252 g/mol. The van der Waals surface area contributed by atoms with E-state index in [9.17, 15) is 4.79 Å². The first-order valence-electron chi connectivity index (χ1n) is 4.62. The van der Waals surface area contributed by atoms with Crippen LogP contribution in [0.3, 0.4) is 0 Å². The maximum absolute atomic E-state index is 10.9. The van der Waals surface area contributed by atoms with Crippen LogP contribution in [0.5, 0.6) is 5.75 Å². The highest BCUT2D eigenvalue weighted by Gasteiger charge is 2.09. The van der Waals surface area contributed by atoms with Gasteiger partial charge < -0.3 is 16.2 Å². The third-order valence-corrected chi connectivity index (χ3v) is 2.05. The zero-order chi connectivity index (χ0) is 12.8. The number of hydrogen-bond acceptors (Lipinski definition) is 5. The average molecular weight is 252 g/mol. The van der Waals surface area contributed by atoms with Crippen molar-refractivity contribution in [2.75, 3.05) is 12.5 Å². The fourth-order valence-corrected chi connectivity index (χ4v) is 1.16. The third-order valence-electron chi connectivity index (χ3n) is 1.85. The van der Waals surface area contributed by atoms with Gasteiger partial charge in [0.05, 0.1) is 12.8 Å². The standard InChI is InChI=1S/C10H12N4O2S/c1-16-7-4-2-6(3-5-7)13-14-8(9(11)15)10(12)17/h2-5,13H,1H3,(H2,11,15)(H2,12,17). The minimum Gasteiger partial charge on any atom is -0.497 e. The van der Waals surface area contributed by atoms with Gasteiger partial charge in [0.25, 0.3) is 5.91 Å². The molecule has 0 aliphatic rings. The molecule has 0 radical (unpaired) electrons. The lowest BCUT2D eigenvalue weighted by molar-refractivity contribution is -0.111. The van der Waals surface area contributed by atoms with E-state index in [-0.39, 0.29) is 10.7 Å². The van der Waals surface area contributed by atoms with Crippen LogP contribution < -0.4 is 21.6 Å². The largest absolute Gasteiger partial charge is 0.497 e. The Hall–Kier alpha value is -2.15. The first-order valence-corrected chi connectivity index (χ1v) is 5.02. The molecule has 0 spiro atoms. The number of ether oxygens (including phenoxy) is 1. The number of carbonyl (C=O) groups excluding carboxylic acids is 1. The summed E-state index contributed by atoms with van der Waals surface area (Å²) in [6.45, 7) is 0. The second-order valence-corrected chi connectivity index (χ2v) is 3.47. The summed E-state index contributed by atoms with van der Waals surface area (Å²) in [6, 6.07) is 6.92. The molecule has 0 fully saturated rings. The van der Waals surface area contributed by atoms with E-state index in [2.05, 4.69) is 22.7 Å². The molecular weight excluding hydrogens is 240 g/mol. The van der Waals surface area contributed by atoms with E-state index in [0.29, 0.717) is 11.4 Å². The summed E-state index contributed by atoms with van der Waals surface area (Å²) in [6.07, 6.45) is 0. The number of thiocarbonyl (C=S) groups is 1. The van der Waals surface area contributed by atoms with Crippen LogP contribution in [0.15, 0.2) is 29.4 Å². The van der Waals surface area contributed by atoms with Crippen LogP contribution in [0, 0.1) is 0 Å². The van der Waals surface area contributed by atoms with Crippen molar-refractivity contribution in [1.29, 1.82) is 0 Å². The topological polar surface area (TPSA) is 103 Å². The molecule has 1 amide bonds. The van der Waals surface area contributed by atoms with Crippen LogP contribution in [0.1, 0.15) is 0 Å². The minimum atomic E-state index is -0.779. The number of carbonyl (C=O) groups is 1. The van der Waals surface area contributed by atoms with Gasteiger partial charge >= 0.3 is 0 Å². The Morgan fingerprint density at radius 2 is 1.94 bits per heavy atom. The Labute approximate surface area is 104 Å². The lowest BCUT2D eigenvalue weighted by Gasteiger charge is -2.04. The maximum Gasteiger partial charge on any atom is 0.272 e. The molecule has 1 rings (SSSR count). The predicted octanol–water partition coefficient (Wildman–Crippen LogP) is 0.234. The van der Waals surface area contributed by atoms with Crippen LogP contribution in [0.4, 0.5) is 5.69 Å². The van der Waals surface area contributed by atoms with Crippen LogP contribution in [-0.4, -0.2) is 23.7 Å². The van der Waals surface area contributed by atoms with Crippen molar-refractivity contribution >= 4 is 34.5 Å². The summed E-state index contributed by atoms with van der Waals surface area (Å²) in [5.41, 5.74) is 13.4. The predicted molar refractivity (Wildman–Crippen MR) is 70.0 cm³/mol. The fraction of sp³-hybridized carbons (Fsp3) is 0.100. The van der Waals surface area contributed by atoms with E-state index < -0.39 is 5.91 Å².